The molecule has 0 saturated carbocycles. The number of ether oxygens (including phenoxy) is 1. The van der Waals surface area contributed by atoms with Crippen LogP contribution in [0.5, 0.6) is 5.75 Å². The number of hydrogen-bond donors (Lipinski definition) is 1. The fourth-order valence-corrected chi connectivity index (χ4v) is 4.15. The Labute approximate surface area is 197 Å². The third-order valence-electron chi connectivity index (χ3n) is 5.09. The number of rotatable bonds is 5. The molecular weight excluding hydrogens is 496 g/mol. The predicted molar refractivity (Wildman–Crippen MR) is 118 cm³/mol. The second kappa shape index (κ2) is 8.65. The molecule has 0 aliphatic carbocycles. The SMILES string of the molecule is Cn1nc2c(c1CC(=O)Nc1nc(-c3ccc(F)c(OC(F)(F)F)c3)cs1)c(=O)n(C)c(=O)n2C. The summed E-state index contributed by atoms with van der Waals surface area (Å²) in [6.45, 7) is 0. The van der Waals surface area contributed by atoms with Crippen molar-refractivity contribution in [1.82, 2.24) is 23.9 Å². The Morgan fingerprint density at radius 3 is 2.57 bits per heavy atom. The average molecular weight is 512 g/mol. The van der Waals surface area contributed by atoms with Crippen LogP contribution in [0.2, 0.25) is 0 Å². The lowest BCUT2D eigenvalue weighted by Crippen LogP contribution is -2.37. The zero-order valence-electron chi connectivity index (χ0n) is 18.3. The summed E-state index contributed by atoms with van der Waals surface area (Å²) in [7, 11) is 4.31. The molecule has 3 heterocycles. The Bertz CT molecular complexity index is 1580. The molecular formula is C20H16F4N6O4S. The van der Waals surface area contributed by atoms with E-state index in [0.717, 1.165) is 28.0 Å². The molecule has 0 fully saturated rings. The van der Waals surface area contributed by atoms with Crippen LogP contribution in [0.15, 0.2) is 33.2 Å². The summed E-state index contributed by atoms with van der Waals surface area (Å²) < 4.78 is 58.2. The van der Waals surface area contributed by atoms with Gasteiger partial charge in [-0.25, -0.2) is 14.2 Å². The Balaban J connectivity index is 1.57. The first-order valence-corrected chi connectivity index (χ1v) is 10.7. The number of nitrogens with zero attached hydrogens (tertiary/aromatic N) is 5. The van der Waals surface area contributed by atoms with E-state index in [-0.39, 0.29) is 39.5 Å². The minimum absolute atomic E-state index is 0.121. The maximum Gasteiger partial charge on any atom is 0.573 e. The molecule has 184 valence electrons. The molecule has 1 N–H and O–H groups in total. The zero-order valence-corrected chi connectivity index (χ0v) is 19.1. The van der Waals surface area contributed by atoms with Crippen molar-refractivity contribution in [2.24, 2.45) is 21.1 Å². The van der Waals surface area contributed by atoms with Gasteiger partial charge in [-0.2, -0.15) is 5.10 Å². The number of anilines is 1. The largest absolute Gasteiger partial charge is 0.573 e. The monoisotopic (exact) mass is 512 g/mol. The molecule has 0 saturated heterocycles. The Morgan fingerprint density at radius 1 is 1.17 bits per heavy atom. The van der Waals surface area contributed by atoms with Gasteiger partial charge in [-0.1, -0.05) is 0 Å². The maximum absolute atomic E-state index is 13.7. The molecule has 1 aromatic carbocycles. The molecule has 0 aliphatic heterocycles. The van der Waals surface area contributed by atoms with Gasteiger partial charge in [0.1, 0.15) is 5.39 Å². The van der Waals surface area contributed by atoms with E-state index in [1.165, 1.54) is 41.8 Å². The van der Waals surface area contributed by atoms with Gasteiger partial charge >= 0.3 is 12.1 Å². The number of aromatic nitrogens is 5. The molecule has 0 bridgehead atoms. The highest BCUT2D eigenvalue weighted by Crippen LogP contribution is 2.32. The lowest BCUT2D eigenvalue weighted by atomic mass is 10.1. The second-order valence-electron chi connectivity index (χ2n) is 7.43. The number of carbonyl (C=O) groups is 1. The van der Waals surface area contributed by atoms with Crippen molar-refractivity contribution in [2.75, 3.05) is 5.32 Å². The highest BCUT2D eigenvalue weighted by atomic mass is 32.1. The summed E-state index contributed by atoms with van der Waals surface area (Å²) in [6.07, 6.45) is -5.33. The summed E-state index contributed by atoms with van der Waals surface area (Å²) in [6, 6.07) is 2.89. The molecule has 35 heavy (non-hydrogen) atoms. The number of aryl methyl sites for hydroxylation is 2. The van der Waals surface area contributed by atoms with E-state index in [1.54, 1.807) is 0 Å². The maximum atomic E-state index is 13.7. The van der Waals surface area contributed by atoms with Crippen LogP contribution in [0.25, 0.3) is 22.3 Å². The van der Waals surface area contributed by atoms with Crippen LogP contribution in [0.1, 0.15) is 5.69 Å². The third kappa shape index (κ3) is 4.66. The highest BCUT2D eigenvalue weighted by molar-refractivity contribution is 7.14. The van der Waals surface area contributed by atoms with E-state index in [9.17, 15) is 31.9 Å². The number of thiazole rings is 1. The zero-order chi connectivity index (χ0) is 25.7. The van der Waals surface area contributed by atoms with Gasteiger partial charge in [0.15, 0.2) is 22.3 Å². The minimum atomic E-state index is -5.07. The van der Waals surface area contributed by atoms with E-state index in [1.807, 2.05) is 0 Å². The number of hydrogen-bond acceptors (Lipinski definition) is 7. The van der Waals surface area contributed by atoms with Crippen LogP contribution in [-0.4, -0.2) is 36.2 Å². The van der Waals surface area contributed by atoms with E-state index >= 15 is 0 Å². The fourth-order valence-electron chi connectivity index (χ4n) is 3.41. The highest BCUT2D eigenvalue weighted by Gasteiger charge is 2.32. The molecule has 10 nitrogen and oxygen atoms in total. The predicted octanol–water partition coefficient (Wildman–Crippen LogP) is 2.31. The Morgan fingerprint density at radius 2 is 1.89 bits per heavy atom. The quantitative estimate of drug-likeness (QED) is 0.411. The Kier molecular flexibility index (Phi) is 5.96. The molecule has 4 aromatic rings. The van der Waals surface area contributed by atoms with E-state index < -0.39 is 35.1 Å². The number of halogens is 4. The van der Waals surface area contributed by atoms with Crippen molar-refractivity contribution in [3.63, 3.8) is 0 Å². The molecule has 0 aliphatic rings. The normalized spacial score (nSPS) is 11.7. The summed E-state index contributed by atoms with van der Waals surface area (Å²) in [5.41, 5.74) is -0.414. The van der Waals surface area contributed by atoms with Crippen LogP contribution in [0.3, 0.4) is 0 Å². The van der Waals surface area contributed by atoms with Crippen molar-refractivity contribution in [1.29, 1.82) is 0 Å². The van der Waals surface area contributed by atoms with Crippen molar-refractivity contribution in [3.8, 4) is 17.0 Å². The lowest BCUT2D eigenvalue weighted by Gasteiger charge is -2.10. The van der Waals surface area contributed by atoms with Crippen molar-refractivity contribution in [3.05, 3.63) is 55.9 Å². The van der Waals surface area contributed by atoms with Gasteiger partial charge in [-0.3, -0.25) is 23.4 Å². The van der Waals surface area contributed by atoms with Gasteiger partial charge in [-0.05, 0) is 18.2 Å². The number of amides is 1. The lowest BCUT2D eigenvalue weighted by molar-refractivity contribution is -0.275. The van der Waals surface area contributed by atoms with Crippen LogP contribution < -0.4 is 21.3 Å². The summed E-state index contributed by atoms with van der Waals surface area (Å²) in [4.78, 5) is 41.6. The van der Waals surface area contributed by atoms with Gasteiger partial charge in [0, 0.05) is 32.1 Å². The third-order valence-corrected chi connectivity index (χ3v) is 5.85. The summed E-state index contributed by atoms with van der Waals surface area (Å²) in [5, 5.41) is 8.43. The fraction of sp³-hybridized carbons (Fsp3) is 0.250. The number of carbonyl (C=O) groups excluding carboxylic acids is 1. The molecule has 3 aromatic heterocycles. The molecule has 0 atom stereocenters. The molecule has 4 rings (SSSR count). The van der Waals surface area contributed by atoms with Crippen molar-refractivity contribution < 1.29 is 27.1 Å². The molecule has 0 unspecified atom stereocenters. The topological polar surface area (TPSA) is 113 Å². The standard InChI is InChI=1S/C20H16F4N6O4S/c1-28-16-15(17(32)29(2)19(28)33)12(30(3)27-16)7-14(31)26-18-25-11(8-35-18)9-4-5-10(21)13(6-9)34-20(22,23)24/h4-6,8H,7H2,1-3H3,(H,25,26,31). The summed E-state index contributed by atoms with van der Waals surface area (Å²) in [5.74, 6) is -2.75. The van der Waals surface area contributed by atoms with E-state index in [4.69, 9.17) is 0 Å². The number of fused-ring (bicyclic) bond motifs is 1. The number of nitrogens with one attached hydrogen (secondary N) is 1. The summed E-state index contributed by atoms with van der Waals surface area (Å²) >= 11 is 0.993. The molecule has 15 heteroatoms. The van der Waals surface area contributed by atoms with Gasteiger partial charge in [0.2, 0.25) is 5.91 Å². The smallest absolute Gasteiger partial charge is 0.403 e. The number of benzene rings is 1. The first-order valence-electron chi connectivity index (χ1n) is 9.78. The van der Waals surface area contributed by atoms with Crippen LogP contribution in [0.4, 0.5) is 22.7 Å². The number of alkyl halides is 3. The van der Waals surface area contributed by atoms with Gasteiger partial charge in [-0.15, -0.1) is 24.5 Å². The molecule has 1 amide bonds. The van der Waals surface area contributed by atoms with Crippen molar-refractivity contribution >= 4 is 33.4 Å². The molecule has 0 radical (unpaired) electrons. The van der Waals surface area contributed by atoms with Crippen molar-refractivity contribution in [2.45, 2.75) is 12.8 Å². The van der Waals surface area contributed by atoms with E-state index in [2.05, 4.69) is 20.1 Å². The first-order chi connectivity index (χ1) is 16.4. The first kappa shape index (κ1) is 24.1. The average Bonchev–Trinajstić information content (AvgIpc) is 3.36. The minimum Gasteiger partial charge on any atom is -0.403 e. The van der Waals surface area contributed by atoms with Gasteiger partial charge in [0.25, 0.3) is 5.56 Å². The van der Waals surface area contributed by atoms with E-state index in [0.29, 0.717) is 0 Å². The Hall–Kier alpha value is -4.01. The van der Waals surface area contributed by atoms with Crippen LogP contribution >= 0.6 is 11.3 Å². The van der Waals surface area contributed by atoms with Crippen LogP contribution in [-0.2, 0) is 32.4 Å². The van der Waals surface area contributed by atoms with Gasteiger partial charge in [0.05, 0.1) is 17.8 Å². The second-order valence-corrected chi connectivity index (χ2v) is 8.29. The van der Waals surface area contributed by atoms with Crippen LogP contribution in [0, 0.1) is 5.82 Å². The van der Waals surface area contributed by atoms with Gasteiger partial charge < -0.3 is 10.1 Å². The molecule has 0 spiro atoms.